The van der Waals surface area contributed by atoms with Crippen LogP contribution in [0.5, 0.6) is 0 Å². The van der Waals surface area contributed by atoms with Gasteiger partial charge >= 0.3 is 0 Å². The Morgan fingerprint density at radius 1 is 0.949 bits per heavy atom. The van der Waals surface area contributed by atoms with E-state index in [0.717, 1.165) is 63.0 Å². The number of hydrogen-bond acceptors (Lipinski definition) is 9. The smallest absolute Gasteiger partial charge is 0.295 e. The van der Waals surface area contributed by atoms with Crippen LogP contribution in [0.1, 0.15) is 44.4 Å². The van der Waals surface area contributed by atoms with Gasteiger partial charge in [-0.25, -0.2) is 13.8 Å². The maximum Gasteiger partial charge on any atom is 0.295 e. The summed E-state index contributed by atoms with van der Waals surface area (Å²) >= 11 is 0. The first-order valence-electron chi connectivity index (χ1n) is 13.5. The van der Waals surface area contributed by atoms with Crippen LogP contribution in [0.15, 0.2) is 51.7 Å². The molecule has 1 aromatic carbocycles. The van der Waals surface area contributed by atoms with Crippen LogP contribution in [0.25, 0.3) is 22.8 Å². The van der Waals surface area contributed by atoms with Crippen molar-refractivity contribution in [3.63, 3.8) is 0 Å². The average Bonchev–Trinajstić information content (AvgIpc) is 3.61. The Kier molecular flexibility index (Phi) is 7.23. The highest BCUT2D eigenvalue weighted by Crippen LogP contribution is 2.28. The zero-order valence-electron chi connectivity index (χ0n) is 21.7. The summed E-state index contributed by atoms with van der Waals surface area (Å²) in [5, 5.41) is 11.3. The molecule has 3 aromatic heterocycles. The zero-order valence-corrected chi connectivity index (χ0v) is 21.7. The van der Waals surface area contributed by atoms with Gasteiger partial charge in [0.2, 0.25) is 11.7 Å². The standard InChI is InChI=1S/C28H31F2N7O2/c1-17-33-27(36-39-17)25-11-9-20(14-31-25)37-12-4-5-19(16-37)34-23-6-2-3-7-24(23)35-28-32-15-26(38-28)18-8-10-21(29)22(30)13-18/h8-11,13-15,19,23-24,34H,2-7,12,16H2,1H3,(H,32,35)/t19-,23+,24+/m0/s1. The minimum absolute atomic E-state index is 0.157. The first-order valence-corrected chi connectivity index (χ1v) is 13.5. The van der Waals surface area contributed by atoms with Crippen molar-refractivity contribution < 1.29 is 17.7 Å². The zero-order chi connectivity index (χ0) is 26.8. The van der Waals surface area contributed by atoms with Crippen LogP contribution < -0.4 is 15.5 Å². The molecule has 11 heteroatoms. The van der Waals surface area contributed by atoms with Gasteiger partial charge in [0.25, 0.3) is 6.01 Å². The molecule has 2 N–H and O–H groups in total. The molecule has 1 saturated carbocycles. The van der Waals surface area contributed by atoms with Crippen molar-refractivity contribution in [3.8, 4) is 22.8 Å². The van der Waals surface area contributed by atoms with Crippen LogP contribution in [0.2, 0.25) is 0 Å². The number of nitrogens with one attached hydrogen (secondary N) is 2. The van der Waals surface area contributed by atoms with Crippen molar-refractivity contribution in [1.82, 2.24) is 25.4 Å². The highest BCUT2D eigenvalue weighted by atomic mass is 19.2. The van der Waals surface area contributed by atoms with E-state index in [4.69, 9.17) is 8.94 Å². The van der Waals surface area contributed by atoms with Gasteiger partial charge < -0.3 is 24.5 Å². The fourth-order valence-corrected chi connectivity index (χ4v) is 5.54. The number of piperidine rings is 1. The van der Waals surface area contributed by atoms with Gasteiger partial charge in [-0.1, -0.05) is 18.0 Å². The molecule has 204 valence electrons. The van der Waals surface area contributed by atoms with E-state index in [1.165, 1.54) is 12.5 Å². The topological polar surface area (TPSA) is 105 Å². The Bertz CT molecular complexity index is 1410. The maximum absolute atomic E-state index is 13.7. The number of halogens is 2. The Morgan fingerprint density at radius 3 is 2.59 bits per heavy atom. The number of aromatic nitrogens is 4. The normalized spacial score (nSPS) is 21.7. The molecule has 4 aromatic rings. The lowest BCUT2D eigenvalue weighted by atomic mass is 9.89. The summed E-state index contributed by atoms with van der Waals surface area (Å²) in [4.78, 5) is 15.5. The third kappa shape index (κ3) is 5.78. The van der Waals surface area contributed by atoms with Crippen molar-refractivity contribution in [2.75, 3.05) is 23.3 Å². The third-order valence-corrected chi connectivity index (χ3v) is 7.53. The molecule has 0 bridgehead atoms. The monoisotopic (exact) mass is 535 g/mol. The fourth-order valence-electron chi connectivity index (χ4n) is 5.54. The summed E-state index contributed by atoms with van der Waals surface area (Å²) < 4.78 is 37.9. The Balaban J connectivity index is 1.08. The minimum atomic E-state index is -0.912. The van der Waals surface area contributed by atoms with E-state index in [0.29, 0.717) is 40.8 Å². The van der Waals surface area contributed by atoms with E-state index in [2.05, 4.69) is 41.7 Å². The largest absolute Gasteiger partial charge is 0.424 e. The summed E-state index contributed by atoms with van der Waals surface area (Å²) in [6, 6.07) is 8.85. The molecule has 3 atom stereocenters. The molecule has 1 aliphatic heterocycles. The average molecular weight is 536 g/mol. The van der Waals surface area contributed by atoms with Gasteiger partial charge in [-0.05, 0) is 56.0 Å². The number of hydrogen-bond donors (Lipinski definition) is 2. The molecule has 9 nitrogen and oxygen atoms in total. The second-order valence-electron chi connectivity index (χ2n) is 10.3. The number of nitrogens with zero attached hydrogens (tertiary/aromatic N) is 5. The third-order valence-electron chi connectivity index (χ3n) is 7.53. The molecule has 2 aliphatic rings. The van der Waals surface area contributed by atoms with E-state index < -0.39 is 11.6 Å². The summed E-state index contributed by atoms with van der Waals surface area (Å²) in [7, 11) is 0. The van der Waals surface area contributed by atoms with Gasteiger partial charge in [-0.3, -0.25) is 4.98 Å². The van der Waals surface area contributed by atoms with Gasteiger partial charge in [0.15, 0.2) is 17.4 Å². The van der Waals surface area contributed by atoms with E-state index in [9.17, 15) is 8.78 Å². The van der Waals surface area contributed by atoms with Crippen LogP contribution in [0, 0.1) is 18.6 Å². The van der Waals surface area contributed by atoms with Gasteiger partial charge in [0, 0.05) is 43.7 Å². The second kappa shape index (κ2) is 11.1. The van der Waals surface area contributed by atoms with Gasteiger partial charge in [0.05, 0.1) is 18.1 Å². The highest BCUT2D eigenvalue weighted by Gasteiger charge is 2.30. The Labute approximate surface area is 225 Å². The molecule has 2 fully saturated rings. The number of anilines is 2. The molecule has 0 amide bonds. The molecule has 0 unspecified atom stereocenters. The summed E-state index contributed by atoms with van der Waals surface area (Å²) in [5.41, 5.74) is 2.22. The minimum Gasteiger partial charge on any atom is -0.424 e. The van der Waals surface area contributed by atoms with Crippen molar-refractivity contribution in [2.45, 2.75) is 63.6 Å². The summed E-state index contributed by atoms with van der Waals surface area (Å²) in [6.07, 6.45) is 9.96. The van der Waals surface area contributed by atoms with Gasteiger partial charge in [-0.2, -0.15) is 4.98 Å². The molecule has 0 spiro atoms. The van der Waals surface area contributed by atoms with E-state index >= 15 is 0 Å². The Hall–Kier alpha value is -3.86. The molecule has 1 aliphatic carbocycles. The van der Waals surface area contributed by atoms with E-state index in [1.54, 1.807) is 13.1 Å². The first kappa shape index (κ1) is 25.4. The molecule has 39 heavy (non-hydrogen) atoms. The number of benzene rings is 1. The number of pyridine rings is 1. The lowest BCUT2D eigenvalue weighted by molar-refractivity contribution is 0.290. The van der Waals surface area contributed by atoms with Crippen LogP contribution in [0.3, 0.4) is 0 Å². The van der Waals surface area contributed by atoms with E-state index in [-0.39, 0.29) is 12.1 Å². The molecule has 4 heterocycles. The van der Waals surface area contributed by atoms with Gasteiger partial charge in [-0.15, -0.1) is 0 Å². The van der Waals surface area contributed by atoms with E-state index in [1.807, 2.05) is 12.3 Å². The quantitative estimate of drug-likeness (QED) is 0.324. The summed E-state index contributed by atoms with van der Waals surface area (Å²) in [6.45, 7) is 3.64. The predicted octanol–water partition coefficient (Wildman–Crippen LogP) is 5.35. The SMILES string of the molecule is Cc1nc(-c2ccc(N3CCC[C@H](N[C@@H]4CCCC[C@H]4Nc4ncc(-c5ccc(F)c(F)c5)o4)C3)cn2)no1. The first-order chi connectivity index (χ1) is 19.0. The van der Waals surface area contributed by atoms with Crippen molar-refractivity contribution in [2.24, 2.45) is 0 Å². The van der Waals surface area contributed by atoms with Crippen LogP contribution in [-0.2, 0) is 0 Å². The molecular formula is C28H31F2N7O2. The lowest BCUT2D eigenvalue weighted by Crippen LogP contribution is -2.54. The van der Waals surface area contributed by atoms with Crippen LogP contribution in [0.4, 0.5) is 20.5 Å². The van der Waals surface area contributed by atoms with Crippen LogP contribution >= 0.6 is 0 Å². The lowest BCUT2D eigenvalue weighted by Gasteiger charge is -2.40. The van der Waals surface area contributed by atoms with Gasteiger partial charge in [0.1, 0.15) is 5.69 Å². The number of oxazole rings is 1. The van der Waals surface area contributed by atoms with Crippen molar-refractivity contribution in [1.29, 1.82) is 0 Å². The molecular weight excluding hydrogens is 504 g/mol. The molecule has 0 radical (unpaired) electrons. The number of rotatable bonds is 7. The highest BCUT2D eigenvalue weighted by molar-refractivity contribution is 5.57. The number of aryl methyl sites for hydroxylation is 1. The second-order valence-corrected chi connectivity index (χ2v) is 10.3. The fraction of sp³-hybridized carbons (Fsp3) is 0.429. The maximum atomic E-state index is 13.7. The molecule has 1 saturated heterocycles. The van der Waals surface area contributed by atoms with Crippen molar-refractivity contribution >= 4 is 11.7 Å². The van der Waals surface area contributed by atoms with Crippen molar-refractivity contribution in [3.05, 3.63) is 60.3 Å². The summed E-state index contributed by atoms with van der Waals surface area (Å²) in [5.74, 6) is -0.390. The van der Waals surface area contributed by atoms with Crippen LogP contribution in [-0.4, -0.2) is 51.3 Å². The Morgan fingerprint density at radius 2 is 1.82 bits per heavy atom. The molecule has 6 rings (SSSR count). The predicted molar refractivity (Wildman–Crippen MR) is 142 cm³/mol.